The summed E-state index contributed by atoms with van der Waals surface area (Å²) in [4.78, 5) is 4.89. The number of rotatable bonds is 8. The van der Waals surface area contributed by atoms with Crippen LogP contribution in [-0.4, -0.2) is 0 Å². The maximum atomic E-state index is 2.48. The van der Waals surface area contributed by atoms with Crippen LogP contribution < -0.4 is 9.80 Å². The van der Waals surface area contributed by atoms with Crippen molar-refractivity contribution in [2.45, 2.75) is 60.8 Å². The standard InChI is InChI=1S/C52H38N2.C3H8.2C2H6/c1-5-13-37(14-6-1)39-21-29-45(30-22-39)53(43-17-9-3-10-18-43)49-35-27-41-26-34-48-50(36-28-42-25-33-47(49)51(41)52(42)48)54(44-19-11-4-12-20-44)46-31-23-40(24-32-46)38-15-7-2-8-16-38;1-3-2;2*1-2/h1-23,25-31,33-36H,24,32H2;3H2,1-2H3;2*1-2H3. The van der Waals surface area contributed by atoms with E-state index in [0.717, 1.165) is 29.9 Å². The van der Waals surface area contributed by atoms with E-state index in [9.17, 15) is 0 Å². The monoisotopic (exact) mass is 794 g/mol. The van der Waals surface area contributed by atoms with Crippen LogP contribution in [0.15, 0.2) is 212 Å². The van der Waals surface area contributed by atoms with Crippen LogP contribution >= 0.6 is 0 Å². The number of nitrogens with zero attached hydrogens (tertiary/aromatic N) is 2. The van der Waals surface area contributed by atoms with Crippen molar-refractivity contribution in [3.05, 3.63) is 218 Å². The fourth-order valence-corrected chi connectivity index (χ4v) is 8.34. The molecule has 0 aliphatic heterocycles. The number of benzene rings is 9. The van der Waals surface area contributed by atoms with E-state index >= 15 is 0 Å². The molecule has 0 fully saturated rings. The van der Waals surface area contributed by atoms with E-state index in [1.165, 1.54) is 78.1 Å². The second kappa shape index (κ2) is 20.4. The molecule has 0 saturated carbocycles. The van der Waals surface area contributed by atoms with Crippen LogP contribution in [0.1, 0.15) is 66.4 Å². The second-order valence-electron chi connectivity index (χ2n) is 14.8. The van der Waals surface area contributed by atoms with Crippen molar-refractivity contribution in [2.75, 3.05) is 9.80 Å². The van der Waals surface area contributed by atoms with E-state index in [1.54, 1.807) is 0 Å². The van der Waals surface area contributed by atoms with Gasteiger partial charge in [-0.05, 0) is 111 Å². The zero-order valence-corrected chi connectivity index (χ0v) is 36.6. The summed E-state index contributed by atoms with van der Waals surface area (Å²) < 4.78 is 0. The lowest BCUT2D eigenvalue weighted by Gasteiger charge is -2.32. The van der Waals surface area contributed by atoms with Crippen LogP contribution in [0.25, 0.3) is 49.0 Å². The molecule has 61 heavy (non-hydrogen) atoms. The van der Waals surface area contributed by atoms with Gasteiger partial charge in [0.15, 0.2) is 0 Å². The molecule has 9 aromatic rings. The minimum Gasteiger partial charge on any atom is -0.314 e. The van der Waals surface area contributed by atoms with Gasteiger partial charge in [-0.2, -0.15) is 0 Å². The summed E-state index contributed by atoms with van der Waals surface area (Å²) in [5, 5.41) is 7.58. The van der Waals surface area contributed by atoms with Gasteiger partial charge in [0.25, 0.3) is 0 Å². The molecule has 2 heteroatoms. The van der Waals surface area contributed by atoms with Crippen LogP contribution in [0, 0.1) is 0 Å². The van der Waals surface area contributed by atoms with Gasteiger partial charge in [-0.3, -0.25) is 0 Å². The zero-order valence-electron chi connectivity index (χ0n) is 36.6. The SMILES string of the molecule is C1=C(c2ccccc2)CCC(N(c2ccccc2)c2ccc3ccc4c(N(c5ccccc5)c5ccc(-c6ccccc6)cc5)ccc5ccc2c3c54)=C1.CC.CC.CCC. The van der Waals surface area contributed by atoms with Crippen molar-refractivity contribution in [2.24, 2.45) is 0 Å². The smallest absolute Gasteiger partial charge is 0.0540 e. The molecule has 2 nitrogen and oxygen atoms in total. The summed E-state index contributed by atoms with van der Waals surface area (Å²) in [6, 6.07) is 70.4. The molecule has 0 saturated heterocycles. The molecule has 9 aromatic carbocycles. The van der Waals surface area contributed by atoms with Gasteiger partial charge in [0.05, 0.1) is 11.4 Å². The highest BCUT2D eigenvalue weighted by Crippen LogP contribution is 2.47. The first kappa shape index (κ1) is 42.2. The van der Waals surface area contributed by atoms with E-state index in [4.69, 9.17) is 0 Å². The Morgan fingerprint density at radius 2 is 0.754 bits per heavy atom. The first-order chi connectivity index (χ1) is 30.2. The maximum Gasteiger partial charge on any atom is 0.0540 e. The lowest BCUT2D eigenvalue weighted by molar-refractivity contribution is 0.932. The fourth-order valence-electron chi connectivity index (χ4n) is 8.34. The molecule has 0 amide bonds. The molecular weight excluding hydrogens is 737 g/mol. The molecule has 1 aliphatic rings. The van der Waals surface area contributed by atoms with E-state index in [2.05, 4.69) is 230 Å². The minimum absolute atomic E-state index is 0.955. The molecule has 0 heterocycles. The molecule has 0 bridgehead atoms. The highest BCUT2D eigenvalue weighted by Gasteiger charge is 2.23. The summed E-state index contributed by atoms with van der Waals surface area (Å²) in [5.41, 5.74) is 12.2. The fraction of sp³-hybridized carbons (Fsp3) is 0.153. The van der Waals surface area contributed by atoms with Crippen LogP contribution in [-0.2, 0) is 0 Å². The minimum atomic E-state index is 0.955. The number of anilines is 5. The van der Waals surface area contributed by atoms with Crippen molar-refractivity contribution in [1.82, 2.24) is 0 Å². The van der Waals surface area contributed by atoms with E-state index < -0.39 is 0 Å². The predicted octanol–water partition coefficient (Wildman–Crippen LogP) is 18.1. The molecule has 0 atom stereocenters. The third-order valence-corrected chi connectivity index (χ3v) is 10.9. The second-order valence-corrected chi connectivity index (χ2v) is 14.8. The summed E-state index contributed by atoms with van der Waals surface area (Å²) >= 11 is 0. The third kappa shape index (κ3) is 8.86. The van der Waals surface area contributed by atoms with Crippen LogP contribution in [0.4, 0.5) is 28.4 Å². The average Bonchev–Trinajstić information content (AvgIpc) is 3.35. The molecule has 0 aromatic heterocycles. The Bertz CT molecular complexity index is 2800. The summed E-state index contributed by atoms with van der Waals surface area (Å²) in [7, 11) is 0. The number of hydrogen-bond acceptors (Lipinski definition) is 2. The summed E-state index contributed by atoms with van der Waals surface area (Å²) in [6.45, 7) is 12.2. The Morgan fingerprint density at radius 3 is 1.23 bits per heavy atom. The van der Waals surface area contributed by atoms with Crippen molar-refractivity contribution in [3.8, 4) is 11.1 Å². The highest BCUT2D eigenvalue weighted by atomic mass is 15.2. The summed E-state index contributed by atoms with van der Waals surface area (Å²) in [6.07, 6.45) is 7.85. The Balaban J connectivity index is 0.000000759. The Morgan fingerprint density at radius 1 is 0.361 bits per heavy atom. The van der Waals surface area contributed by atoms with Gasteiger partial charge < -0.3 is 9.80 Å². The van der Waals surface area contributed by atoms with Crippen molar-refractivity contribution in [3.63, 3.8) is 0 Å². The van der Waals surface area contributed by atoms with Crippen LogP contribution in [0.2, 0.25) is 0 Å². The lowest BCUT2D eigenvalue weighted by Crippen LogP contribution is -2.18. The number of allylic oxidation sites excluding steroid dienone is 4. The topological polar surface area (TPSA) is 6.48 Å². The highest BCUT2D eigenvalue weighted by molar-refractivity contribution is 6.28. The van der Waals surface area contributed by atoms with Crippen molar-refractivity contribution in [1.29, 1.82) is 0 Å². The molecule has 0 radical (unpaired) electrons. The van der Waals surface area contributed by atoms with Crippen LogP contribution in [0.3, 0.4) is 0 Å². The largest absolute Gasteiger partial charge is 0.314 e. The first-order valence-electron chi connectivity index (χ1n) is 22.2. The van der Waals surface area contributed by atoms with E-state index in [0.29, 0.717) is 0 Å². The van der Waals surface area contributed by atoms with Gasteiger partial charge in [0.1, 0.15) is 0 Å². The van der Waals surface area contributed by atoms with Crippen molar-refractivity contribution >= 4 is 66.3 Å². The molecule has 10 rings (SSSR count). The maximum absolute atomic E-state index is 2.48. The normalized spacial score (nSPS) is 11.9. The van der Waals surface area contributed by atoms with Gasteiger partial charge in [-0.15, -0.1) is 0 Å². The Hall–Kier alpha value is -6.90. The molecule has 0 unspecified atom stereocenters. The van der Waals surface area contributed by atoms with Gasteiger partial charge in [0, 0.05) is 33.5 Å². The van der Waals surface area contributed by atoms with Crippen LogP contribution in [0.5, 0.6) is 0 Å². The van der Waals surface area contributed by atoms with E-state index in [-0.39, 0.29) is 0 Å². The molecule has 1 aliphatic carbocycles. The zero-order chi connectivity index (χ0) is 42.6. The Kier molecular flexibility index (Phi) is 14.1. The van der Waals surface area contributed by atoms with Gasteiger partial charge >= 0.3 is 0 Å². The van der Waals surface area contributed by atoms with E-state index in [1.807, 2.05) is 27.7 Å². The number of hydrogen-bond donors (Lipinski definition) is 0. The quantitative estimate of drug-likeness (QED) is 0.141. The first-order valence-corrected chi connectivity index (χ1v) is 22.2. The summed E-state index contributed by atoms with van der Waals surface area (Å²) in [5.74, 6) is 0. The van der Waals surface area contributed by atoms with Gasteiger partial charge in [0.2, 0.25) is 0 Å². The predicted molar refractivity (Wildman–Crippen MR) is 269 cm³/mol. The molecule has 304 valence electrons. The third-order valence-electron chi connectivity index (χ3n) is 10.9. The molecular formula is C59H58N2. The van der Waals surface area contributed by atoms with Gasteiger partial charge in [-0.25, -0.2) is 0 Å². The van der Waals surface area contributed by atoms with Gasteiger partial charge in [-0.1, -0.05) is 200 Å². The Labute approximate surface area is 364 Å². The van der Waals surface area contributed by atoms with Crippen molar-refractivity contribution < 1.29 is 0 Å². The molecule has 0 N–H and O–H groups in total. The lowest BCUT2D eigenvalue weighted by atomic mass is 9.91. The molecule has 0 spiro atoms. The average molecular weight is 795 g/mol. The number of para-hydroxylation sites is 2.